The lowest BCUT2D eigenvalue weighted by molar-refractivity contribution is -0.123. The highest BCUT2D eigenvalue weighted by molar-refractivity contribution is 5.95. The smallest absolute Gasteiger partial charge is 0.258 e. The standard InChI is InChI=1S/C31H34N6O5/c1-18-5-6-21-13-26(18)41-17-29(38)32-15-22-7-8-23(14-27(22)40-4)42-25-10-12-36(16-24(25)35-30(21)39)31-19(2)20(3)34-28-9-11-33-37(28)31/h5-9,11,13-14,24-25H,10,12,15-17H2,1-4H3,(H,32,38)(H,35,39)/t24-,25+/m0/s1. The third kappa shape index (κ3) is 5.29. The van der Waals surface area contributed by atoms with Crippen LogP contribution in [0.4, 0.5) is 5.82 Å². The summed E-state index contributed by atoms with van der Waals surface area (Å²) in [4.78, 5) is 33.1. The van der Waals surface area contributed by atoms with Crippen LogP contribution in [0.1, 0.15) is 39.2 Å². The number of ether oxygens (including phenoxy) is 3. The fourth-order valence-corrected chi connectivity index (χ4v) is 5.55. The number of rotatable bonds is 2. The van der Waals surface area contributed by atoms with Crippen LogP contribution in [-0.2, 0) is 11.3 Å². The van der Waals surface area contributed by atoms with Gasteiger partial charge in [0, 0.05) is 60.6 Å². The summed E-state index contributed by atoms with van der Waals surface area (Å²) < 4.78 is 19.8. The quantitative estimate of drug-likeness (QED) is 0.377. The zero-order chi connectivity index (χ0) is 29.4. The minimum Gasteiger partial charge on any atom is -0.496 e. The average molecular weight is 571 g/mol. The third-order valence-electron chi connectivity index (χ3n) is 7.98. The molecular formula is C31H34N6O5. The van der Waals surface area contributed by atoms with Crippen molar-refractivity contribution in [1.29, 1.82) is 0 Å². The lowest BCUT2D eigenvalue weighted by Crippen LogP contribution is -2.57. The number of hydrogen-bond acceptors (Lipinski definition) is 8. The van der Waals surface area contributed by atoms with Gasteiger partial charge in [-0.2, -0.15) is 9.61 Å². The number of nitrogens with zero attached hydrogens (tertiary/aromatic N) is 4. The number of hydrogen-bond donors (Lipinski definition) is 2. The fraction of sp³-hybridized carbons (Fsp3) is 0.355. The number of aromatic nitrogens is 3. The van der Waals surface area contributed by atoms with Crippen LogP contribution in [0, 0.1) is 20.8 Å². The summed E-state index contributed by atoms with van der Waals surface area (Å²) in [7, 11) is 1.59. The van der Waals surface area contributed by atoms with Gasteiger partial charge in [0.2, 0.25) is 0 Å². The molecule has 0 aliphatic carbocycles. The highest BCUT2D eigenvalue weighted by Crippen LogP contribution is 2.31. The highest BCUT2D eigenvalue weighted by atomic mass is 16.5. The number of carbonyl (C=O) groups is 2. The number of fused-ring (bicyclic) bond motifs is 8. The van der Waals surface area contributed by atoms with Crippen LogP contribution in [0.5, 0.6) is 17.2 Å². The van der Waals surface area contributed by atoms with Gasteiger partial charge in [-0.3, -0.25) is 9.59 Å². The number of amides is 2. The van der Waals surface area contributed by atoms with Crippen molar-refractivity contribution in [2.75, 3.05) is 31.7 Å². The van der Waals surface area contributed by atoms with Gasteiger partial charge in [0.15, 0.2) is 12.3 Å². The van der Waals surface area contributed by atoms with Gasteiger partial charge in [0.05, 0.1) is 19.3 Å². The number of nitrogens with one attached hydrogen (secondary N) is 2. The lowest BCUT2D eigenvalue weighted by Gasteiger charge is -2.40. The van der Waals surface area contributed by atoms with Crippen LogP contribution in [0.2, 0.25) is 0 Å². The molecule has 42 heavy (non-hydrogen) atoms. The molecule has 5 heterocycles. The van der Waals surface area contributed by atoms with Crippen molar-refractivity contribution in [2.45, 2.75) is 45.9 Å². The molecule has 3 aliphatic rings. The molecule has 3 aliphatic heterocycles. The monoisotopic (exact) mass is 570 g/mol. The molecule has 2 N–H and O–H groups in total. The summed E-state index contributed by atoms with van der Waals surface area (Å²) >= 11 is 0. The van der Waals surface area contributed by atoms with Gasteiger partial charge >= 0.3 is 0 Å². The maximum Gasteiger partial charge on any atom is 0.258 e. The van der Waals surface area contributed by atoms with E-state index in [1.165, 1.54) is 0 Å². The van der Waals surface area contributed by atoms with Crippen molar-refractivity contribution in [3.05, 3.63) is 76.6 Å². The van der Waals surface area contributed by atoms with E-state index in [1.54, 1.807) is 25.4 Å². The summed E-state index contributed by atoms with van der Waals surface area (Å²) in [6.45, 7) is 7.21. The number of carbonyl (C=O) groups excluding carboxylic acids is 2. The summed E-state index contributed by atoms with van der Waals surface area (Å²) in [5.41, 5.74) is 4.81. The Morgan fingerprint density at radius 2 is 1.93 bits per heavy atom. The van der Waals surface area contributed by atoms with Crippen molar-refractivity contribution in [3.63, 3.8) is 0 Å². The van der Waals surface area contributed by atoms with Crippen LogP contribution < -0.4 is 29.7 Å². The van der Waals surface area contributed by atoms with Gasteiger partial charge in [-0.1, -0.05) is 6.07 Å². The molecule has 4 bridgehead atoms. The molecule has 0 unspecified atom stereocenters. The third-order valence-corrected chi connectivity index (χ3v) is 7.98. The molecule has 0 radical (unpaired) electrons. The van der Waals surface area contributed by atoms with E-state index in [1.807, 2.05) is 55.6 Å². The second-order valence-corrected chi connectivity index (χ2v) is 10.7. The van der Waals surface area contributed by atoms with Gasteiger partial charge in [0.25, 0.3) is 11.8 Å². The van der Waals surface area contributed by atoms with E-state index >= 15 is 0 Å². The van der Waals surface area contributed by atoms with Crippen LogP contribution in [-0.4, -0.2) is 65.4 Å². The molecule has 2 aromatic heterocycles. The fourth-order valence-electron chi connectivity index (χ4n) is 5.55. The van der Waals surface area contributed by atoms with Crippen LogP contribution in [0.25, 0.3) is 5.65 Å². The van der Waals surface area contributed by atoms with Gasteiger partial charge in [-0.05, 0) is 50.6 Å². The zero-order valence-corrected chi connectivity index (χ0v) is 24.1. The topological polar surface area (TPSA) is 119 Å². The molecule has 1 saturated heterocycles. The summed E-state index contributed by atoms with van der Waals surface area (Å²) in [6.07, 6.45) is 2.08. The molecule has 7 rings (SSSR count). The second-order valence-electron chi connectivity index (χ2n) is 10.7. The number of methoxy groups -OCH3 is 1. The maximum atomic E-state index is 13.6. The summed E-state index contributed by atoms with van der Waals surface area (Å²) in [5, 5.41) is 10.6. The SMILES string of the molecule is COc1cc2ccc1CNC(=O)COc1cc(ccc1C)C(=O)N[C@H]1CN(c3c(C)c(C)nc4ccnn34)CC[C@H]1O2. The Bertz CT molecular complexity index is 1670. The van der Waals surface area contributed by atoms with E-state index in [-0.39, 0.29) is 37.1 Å². The Hall–Kier alpha value is -4.80. The number of aryl methyl sites for hydroxylation is 2. The second kappa shape index (κ2) is 11.2. The van der Waals surface area contributed by atoms with Crippen LogP contribution in [0.3, 0.4) is 0 Å². The number of benzene rings is 2. The Kier molecular flexibility index (Phi) is 7.32. The van der Waals surface area contributed by atoms with Gasteiger partial charge in [-0.15, -0.1) is 0 Å². The van der Waals surface area contributed by atoms with Crippen molar-refractivity contribution in [2.24, 2.45) is 0 Å². The molecule has 2 atom stereocenters. The molecule has 2 amide bonds. The zero-order valence-electron chi connectivity index (χ0n) is 24.1. The van der Waals surface area contributed by atoms with E-state index in [0.717, 1.165) is 33.8 Å². The molecule has 11 heteroatoms. The Labute approximate surface area is 243 Å². The van der Waals surface area contributed by atoms with Crippen LogP contribution in [0.15, 0.2) is 48.7 Å². The first kappa shape index (κ1) is 27.4. The van der Waals surface area contributed by atoms with E-state index in [0.29, 0.717) is 42.3 Å². The van der Waals surface area contributed by atoms with Crippen molar-refractivity contribution >= 4 is 23.3 Å². The average Bonchev–Trinajstić information content (AvgIpc) is 3.44. The number of piperidine rings is 1. The van der Waals surface area contributed by atoms with Gasteiger partial charge in [0.1, 0.15) is 29.2 Å². The van der Waals surface area contributed by atoms with E-state index in [4.69, 9.17) is 14.2 Å². The molecular weight excluding hydrogens is 536 g/mol. The molecule has 11 nitrogen and oxygen atoms in total. The predicted octanol–water partition coefficient (Wildman–Crippen LogP) is 3.13. The maximum absolute atomic E-state index is 13.6. The minimum atomic E-state index is -0.361. The lowest BCUT2D eigenvalue weighted by atomic mass is 10.00. The first-order valence-corrected chi connectivity index (χ1v) is 14.0. The summed E-state index contributed by atoms with van der Waals surface area (Å²) in [6, 6.07) is 12.3. The van der Waals surface area contributed by atoms with E-state index < -0.39 is 0 Å². The molecule has 0 saturated carbocycles. The first-order valence-electron chi connectivity index (χ1n) is 14.0. The van der Waals surface area contributed by atoms with Crippen molar-refractivity contribution in [3.8, 4) is 17.2 Å². The largest absolute Gasteiger partial charge is 0.496 e. The minimum absolute atomic E-state index is 0.179. The normalized spacial score (nSPS) is 19.3. The Morgan fingerprint density at radius 3 is 2.76 bits per heavy atom. The highest BCUT2D eigenvalue weighted by Gasteiger charge is 2.34. The predicted molar refractivity (Wildman–Crippen MR) is 156 cm³/mol. The van der Waals surface area contributed by atoms with Crippen molar-refractivity contribution in [1.82, 2.24) is 25.2 Å². The first-order chi connectivity index (χ1) is 20.3. The molecule has 1 fully saturated rings. The van der Waals surface area contributed by atoms with Gasteiger partial charge in [-0.25, -0.2) is 4.98 Å². The molecule has 2 aromatic carbocycles. The van der Waals surface area contributed by atoms with E-state index in [2.05, 4.69) is 25.6 Å². The Balaban J connectivity index is 1.37. The number of anilines is 1. The molecule has 0 spiro atoms. The molecule has 4 aromatic rings. The van der Waals surface area contributed by atoms with E-state index in [9.17, 15) is 9.59 Å². The summed E-state index contributed by atoms with van der Waals surface area (Å²) in [5.74, 6) is 2.11. The van der Waals surface area contributed by atoms with Gasteiger partial charge < -0.3 is 29.7 Å². The van der Waals surface area contributed by atoms with Crippen LogP contribution >= 0.6 is 0 Å². The van der Waals surface area contributed by atoms with Crippen molar-refractivity contribution < 1.29 is 23.8 Å². The Morgan fingerprint density at radius 1 is 1.07 bits per heavy atom. The molecule has 218 valence electrons.